The van der Waals surface area contributed by atoms with E-state index in [0.717, 1.165) is 12.5 Å². The van der Waals surface area contributed by atoms with E-state index in [1.54, 1.807) is 6.08 Å². The van der Waals surface area contributed by atoms with Crippen molar-refractivity contribution in [3.8, 4) is 0 Å². The van der Waals surface area contributed by atoms with Gasteiger partial charge in [0.25, 0.3) is 0 Å². The highest BCUT2D eigenvalue weighted by Crippen LogP contribution is 2.50. The molecular weight excluding hydrogens is 190 g/mol. The van der Waals surface area contributed by atoms with Crippen LogP contribution in [-0.2, 0) is 4.79 Å². The first-order chi connectivity index (χ1) is 6.97. The van der Waals surface area contributed by atoms with E-state index in [1.165, 1.54) is 6.42 Å². The highest BCUT2D eigenvalue weighted by Gasteiger charge is 2.44. The molecule has 1 saturated carbocycles. The van der Waals surface area contributed by atoms with Crippen LogP contribution in [0.1, 0.15) is 33.6 Å². The molecule has 0 radical (unpaired) electrons. The molecule has 0 aromatic carbocycles. The molecule has 1 fully saturated rings. The summed E-state index contributed by atoms with van der Waals surface area (Å²) in [5.41, 5.74) is 0.995. The van der Waals surface area contributed by atoms with Crippen LogP contribution in [0.3, 0.4) is 0 Å². The Morgan fingerprint density at radius 3 is 2.60 bits per heavy atom. The summed E-state index contributed by atoms with van der Waals surface area (Å²) >= 11 is 0. The Morgan fingerprint density at radius 1 is 1.60 bits per heavy atom. The molecular formula is C12H21NO2. The molecule has 86 valence electrons. The Bertz CT molecular complexity index is 269. The Balaban J connectivity index is 2.18. The number of hydrogen-bond acceptors (Lipinski definition) is 2. The fraction of sp³-hybridized carbons (Fsp3) is 0.750. The van der Waals surface area contributed by atoms with Gasteiger partial charge in [-0.25, -0.2) is 4.79 Å². The molecule has 0 bridgehead atoms. The number of carboxylic acids is 1. The van der Waals surface area contributed by atoms with Crippen LogP contribution < -0.4 is 5.32 Å². The van der Waals surface area contributed by atoms with Crippen molar-refractivity contribution in [1.82, 2.24) is 5.32 Å². The van der Waals surface area contributed by atoms with Crippen molar-refractivity contribution in [1.29, 1.82) is 0 Å². The van der Waals surface area contributed by atoms with E-state index >= 15 is 0 Å². The Labute approximate surface area is 91.6 Å². The van der Waals surface area contributed by atoms with E-state index in [-0.39, 0.29) is 0 Å². The summed E-state index contributed by atoms with van der Waals surface area (Å²) in [7, 11) is 0. The number of carboxylic acid groups (broad SMARTS) is 1. The Hall–Kier alpha value is -0.830. The summed E-state index contributed by atoms with van der Waals surface area (Å²) in [6, 6.07) is 0. The number of hydrogen-bond donors (Lipinski definition) is 2. The monoisotopic (exact) mass is 211 g/mol. The molecule has 0 aromatic heterocycles. The average Bonchev–Trinajstić information content (AvgIpc) is 2.73. The van der Waals surface area contributed by atoms with Crippen LogP contribution in [0, 0.1) is 11.3 Å². The van der Waals surface area contributed by atoms with E-state index < -0.39 is 5.97 Å². The van der Waals surface area contributed by atoms with Crippen molar-refractivity contribution >= 4 is 5.97 Å². The van der Waals surface area contributed by atoms with E-state index in [1.807, 2.05) is 6.92 Å². The van der Waals surface area contributed by atoms with Crippen molar-refractivity contribution in [3.05, 3.63) is 11.6 Å². The van der Waals surface area contributed by atoms with Gasteiger partial charge in [0.15, 0.2) is 0 Å². The second-order valence-corrected chi connectivity index (χ2v) is 4.94. The SMILES string of the molecule is CCC(=CCNCC1CC1(C)C)C(=O)O. The van der Waals surface area contributed by atoms with E-state index in [0.29, 0.717) is 24.0 Å². The van der Waals surface area contributed by atoms with Crippen LogP contribution in [0.4, 0.5) is 0 Å². The first-order valence-corrected chi connectivity index (χ1v) is 5.60. The summed E-state index contributed by atoms with van der Waals surface area (Å²) in [5.74, 6) is -0.0353. The van der Waals surface area contributed by atoms with Gasteiger partial charge in [-0.2, -0.15) is 0 Å². The number of nitrogens with one attached hydrogen (secondary N) is 1. The van der Waals surface area contributed by atoms with Gasteiger partial charge in [-0.15, -0.1) is 0 Å². The van der Waals surface area contributed by atoms with Gasteiger partial charge in [-0.05, 0) is 30.7 Å². The summed E-state index contributed by atoms with van der Waals surface area (Å²) in [6.45, 7) is 8.07. The molecule has 3 nitrogen and oxygen atoms in total. The highest BCUT2D eigenvalue weighted by atomic mass is 16.4. The molecule has 15 heavy (non-hydrogen) atoms. The smallest absolute Gasteiger partial charge is 0.331 e. The maximum Gasteiger partial charge on any atom is 0.331 e. The van der Waals surface area contributed by atoms with E-state index in [4.69, 9.17) is 5.11 Å². The fourth-order valence-electron chi connectivity index (χ4n) is 1.76. The fourth-order valence-corrected chi connectivity index (χ4v) is 1.76. The minimum absolute atomic E-state index is 0.497. The molecule has 0 aromatic rings. The minimum atomic E-state index is -0.800. The zero-order valence-corrected chi connectivity index (χ0v) is 9.84. The zero-order valence-electron chi connectivity index (χ0n) is 9.84. The molecule has 1 atom stereocenters. The Kier molecular flexibility index (Phi) is 3.91. The van der Waals surface area contributed by atoms with Gasteiger partial charge in [-0.1, -0.05) is 26.8 Å². The average molecular weight is 211 g/mol. The first kappa shape index (κ1) is 12.2. The van der Waals surface area contributed by atoms with Crippen molar-refractivity contribution in [2.75, 3.05) is 13.1 Å². The Morgan fingerprint density at radius 2 is 2.20 bits per heavy atom. The lowest BCUT2D eigenvalue weighted by Gasteiger charge is -2.04. The number of carbonyl (C=O) groups is 1. The van der Waals surface area contributed by atoms with Crippen molar-refractivity contribution in [3.63, 3.8) is 0 Å². The zero-order chi connectivity index (χ0) is 11.5. The molecule has 3 heteroatoms. The topological polar surface area (TPSA) is 49.3 Å². The van der Waals surface area contributed by atoms with Crippen LogP contribution in [0.15, 0.2) is 11.6 Å². The lowest BCUT2D eigenvalue weighted by molar-refractivity contribution is -0.132. The van der Waals surface area contributed by atoms with Crippen LogP contribution in [0.25, 0.3) is 0 Å². The summed E-state index contributed by atoms with van der Waals surface area (Å²) in [5, 5.41) is 12.1. The third-order valence-corrected chi connectivity index (χ3v) is 3.26. The molecule has 2 N–H and O–H groups in total. The molecule has 1 aliphatic carbocycles. The van der Waals surface area contributed by atoms with E-state index in [9.17, 15) is 4.79 Å². The van der Waals surface area contributed by atoms with Crippen molar-refractivity contribution < 1.29 is 9.90 Å². The van der Waals surface area contributed by atoms with Gasteiger partial charge in [0, 0.05) is 12.1 Å². The van der Waals surface area contributed by atoms with E-state index in [2.05, 4.69) is 19.2 Å². The van der Waals surface area contributed by atoms with Gasteiger partial charge in [0.05, 0.1) is 0 Å². The molecule has 1 unspecified atom stereocenters. The second kappa shape index (κ2) is 4.79. The van der Waals surface area contributed by atoms with Gasteiger partial charge in [0.1, 0.15) is 0 Å². The molecule has 1 aliphatic rings. The summed E-state index contributed by atoms with van der Waals surface area (Å²) in [6.07, 6.45) is 3.65. The third-order valence-electron chi connectivity index (χ3n) is 3.26. The first-order valence-electron chi connectivity index (χ1n) is 5.60. The largest absolute Gasteiger partial charge is 0.478 e. The van der Waals surface area contributed by atoms with Gasteiger partial charge < -0.3 is 10.4 Å². The normalized spacial score (nSPS) is 23.9. The molecule has 0 spiro atoms. The van der Waals surface area contributed by atoms with Gasteiger partial charge >= 0.3 is 5.97 Å². The summed E-state index contributed by atoms with van der Waals surface area (Å²) < 4.78 is 0. The van der Waals surface area contributed by atoms with Crippen molar-refractivity contribution in [2.24, 2.45) is 11.3 Å². The number of aliphatic carboxylic acids is 1. The quantitative estimate of drug-likeness (QED) is 0.522. The maximum absolute atomic E-state index is 10.7. The van der Waals surface area contributed by atoms with Crippen LogP contribution in [-0.4, -0.2) is 24.2 Å². The number of rotatable bonds is 6. The maximum atomic E-state index is 10.7. The lowest BCUT2D eigenvalue weighted by atomic mass is 10.1. The standard InChI is InChI=1S/C12H21NO2/c1-4-9(11(14)15)5-6-13-8-10-7-12(10,2)3/h5,10,13H,4,6-8H2,1-3H3,(H,14,15). The predicted octanol–water partition coefficient (Wildman–Crippen LogP) is 2.04. The molecule has 0 aliphatic heterocycles. The van der Waals surface area contributed by atoms with Crippen molar-refractivity contribution in [2.45, 2.75) is 33.6 Å². The second-order valence-electron chi connectivity index (χ2n) is 4.94. The predicted molar refractivity (Wildman–Crippen MR) is 60.8 cm³/mol. The van der Waals surface area contributed by atoms with Crippen LogP contribution in [0.2, 0.25) is 0 Å². The van der Waals surface area contributed by atoms with Crippen LogP contribution >= 0.6 is 0 Å². The summed E-state index contributed by atoms with van der Waals surface area (Å²) in [4.78, 5) is 10.7. The molecule has 0 heterocycles. The van der Waals surface area contributed by atoms with Crippen LogP contribution in [0.5, 0.6) is 0 Å². The lowest BCUT2D eigenvalue weighted by Crippen LogP contribution is -2.19. The van der Waals surface area contributed by atoms with Gasteiger partial charge in [-0.3, -0.25) is 0 Å². The third kappa shape index (κ3) is 3.67. The highest BCUT2D eigenvalue weighted by molar-refractivity contribution is 5.86. The molecule has 0 saturated heterocycles. The molecule has 0 amide bonds. The van der Waals surface area contributed by atoms with Gasteiger partial charge in [0.2, 0.25) is 0 Å². The molecule has 1 rings (SSSR count). The minimum Gasteiger partial charge on any atom is -0.478 e.